The van der Waals surface area contributed by atoms with Crippen LogP contribution >= 0.6 is 0 Å². The number of hydrogen-bond donors (Lipinski definition) is 4. The van der Waals surface area contributed by atoms with Crippen LogP contribution in [0.4, 0.5) is 37.7 Å². The number of hydrogen-bond acceptors (Lipinski definition) is 6. The second-order valence-corrected chi connectivity index (χ2v) is 9.46. The number of carbonyl (C=O) groups excluding carboxylic acids is 2. The predicted octanol–water partition coefficient (Wildman–Crippen LogP) is 7.56. The molecule has 0 aliphatic rings. The molecule has 4 N–H and O–H groups in total. The number of carboxylic acid groups (broad SMARTS) is 2. The Morgan fingerprint density at radius 1 is 0.681 bits per heavy atom. The van der Waals surface area contributed by atoms with Gasteiger partial charge in [-0.25, -0.2) is 0 Å². The Morgan fingerprint density at radius 2 is 1.13 bits per heavy atom. The van der Waals surface area contributed by atoms with Crippen molar-refractivity contribution >= 4 is 35.1 Å². The van der Waals surface area contributed by atoms with E-state index in [2.05, 4.69) is 0 Å². The highest BCUT2D eigenvalue weighted by atomic mass is 19.4. The molecule has 0 bridgehead atoms. The molecule has 2 amide bonds. The number of carbonyl (C=O) groups is 4. The first kappa shape index (κ1) is 35.7. The van der Waals surface area contributed by atoms with Crippen molar-refractivity contribution in [2.45, 2.75) is 32.1 Å². The molecular formula is C31H24F6N2O8. The van der Waals surface area contributed by atoms with Crippen LogP contribution < -0.4 is 20.1 Å². The van der Waals surface area contributed by atoms with Gasteiger partial charge in [0.15, 0.2) is 0 Å². The number of ether oxygens (including phenoxy) is 2. The second-order valence-electron chi connectivity index (χ2n) is 9.46. The summed E-state index contributed by atoms with van der Waals surface area (Å²) in [6, 6.07) is 9.69. The second kappa shape index (κ2) is 15.0. The van der Waals surface area contributed by atoms with Gasteiger partial charge in [-0.1, -0.05) is 24.3 Å². The molecule has 10 nitrogen and oxygen atoms in total. The fraction of sp³-hybridized carbons (Fsp3) is 0.161. The van der Waals surface area contributed by atoms with Crippen LogP contribution in [-0.2, 0) is 31.5 Å². The van der Waals surface area contributed by atoms with Gasteiger partial charge in [-0.05, 0) is 67.1 Å². The van der Waals surface area contributed by atoms with E-state index in [9.17, 15) is 45.5 Å². The molecule has 0 aliphatic heterocycles. The van der Waals surface area contributed by atoms with Gasteiger partial charge in [-0.3, -0.25) is 19.2 Å². The molecule has 3 aromatic rings. The highest BCUT2D eigenvalue weighted by Gasteiger charge is 2.39. The molecule has 0 heterocycles. The molecule has 0 atom stereocenters. The van der Waals surface area contributed by atoms with E-state index in [0.717, 1.165) is 66.8 Å². The van der Waals surface area contributed by atoms with Crippen molar-refractivity contribution in [2.24, 2.45) is 0 Å². The summed E-state index contributed by atoms with van der Waals surface area (Å²) in [5, 5.41) is 21.4. The maximum Gasteiger partial charge on any atom is 0.421 e. The van der Waals surface area contributed by atoms with Crippen molar-refractivity contribution in [1.82, 2.24) is 0 Å². The lowest BCUT2D eigenvalue weighted by Crippen LogP contribution is -2.16. The summed E-state index contributed by atoms with van der Waals surface area (Å²) in [6.07, 6.45) is -7.70. The highest BCUT2D eigenvalue weighted by molar-refractivity contribution is 6.01. The summed E-state index contributed by atoms with van der Waals surface area (Å²) < 4.78 is 95.3. The quantitative estimate of drug-likeness (QED) is 0.114. The van der Waals surface area contributed by atoms with Crippen molar-refractivity contribution in [3.8, 4) is 23.0 Å². The molecule has 0 spiro atoms. The Morgan fingerprint density at radius 3 is 1.53 bits per heavy atom. The van der Waals surface area contributed by atoms with Crippen LogP contribution in [0.25, 0.3) is 0 Å². The summed E-state index contributed by atoms with van der Waals surface area (Å²) in [6.45, 7) is 1.39. The predicted molar refractivity (Wildman–Crippen MR) is 154 cm³/mol. The maximum absolute atomic E-state index is 14.1. The van der Waals surface area contributed by atoms with Gasteiger partial charge in [-0.15, -0.1) is 0 Å². The molecule has 248 valence electrons. The van der Waals surface area contributed by atoms with Crippen LogP contribution in [0.5, 0.6) is 23.0 Å². The van der Waals surface area contributed by atoms with Crippen LogP contribution in [0.3, 0.4) is 0 Å². The fourth-order valence-electron chi connectivity index (χ4n) is 3.95. The number of benzene rings is 3. The van der Waals surface area contributed by atoms with Gasteiger partial charge in [0.1, 0.15) is 34.1 Å². The monoisotopic (exact) mass is 666 g/mol. The lowest BCUT2D eigenvalue weighted by atomic mass is 10.1. The maximum atomic E-state index is 14.1. The van der Waals surface area contributed by atoms with E-state index in [1.165, 1.54) is 19.1 Å². The average molecular weight is 667 g/mol. The molecule has 47 heavy (non-hydrogen) atoms. The standard InChI is InChI=1S/C31H24F6N2O8/c1-17-16-18(46-22-8-2-6-19(28(22)30(32,33)34)38-24(40)10-4-12-26(42)43)14-15-21(17)47-23-9-3-7-20(29(23)31(35,36)37)39-25(41)11-5-13-27(44)45/h2-11,14-16H,12-13H2,1H3,(H,38,40)(H,39,41)(H,42,43)(H,44,45). The summed E-state index contributed by atoms with van der Waals surface area (Å²) in [7, 11) is 0. The van der Waals surface area contributed by atoms with E-state index in [1.54, 1.807) is 0 Å². The lowest BCUT2D eigenvalue weighted by molar-refractivity contribution is -0.138. The molecule has 0 saturated heterocycles. The number of anilines is 2. The SMILES string of the molecule is Cc1cc(Oc2cccc(NC(=O)C=CCC(=O)O)c2C(F)(F)F)ccc1Oc1cccc(NC(=O)C=CCC(=O)O)c1C(F)(F)F. The lowest BCUT2D eigenvalue weighted by Gasteiger charge is -2.20. The third-order valence-electron chi connectivity index (χ3n) is 5.85. The van der Waals surface area contributed by atoms with Crippen molar-refractivity contribution in [3.63, 3.8) is 0 Å². The normalized spacial score (nSPS) is 11.8. The zero-order valence-electron chi connectivity index (χ0n) is 24.0. The zero-order chi connectivity index (χ0) is 34.9. The van der Waals surface area contributed by atoms with E-state index in [4.69, 9.17) is 19.7 Å². The first-order chi connectivity index (χ1) is 22.0. The molecule has 0 saturated carbocycles. The van der Waals surface area contributed by atoms with Gasteiger partial charge in [0, 0.05) is 0 Å². The smallest absolute Gasteiger partial charge is 0.421 e. The Hall–Kier alpha value is -5.80. The molecule has 0 fully saturated rings. The minimum Gasteiger partial charge on any atom is -0.481 e. The van der Waals surface area contributed by atoms with Gasteiger partial charge in [0.2, 0.25) is 11.8 Å². The third-order valence-corrected chi connectivity index (χ3v) is 5.85. The number of aliphatic carboxylic acids is 2. The fourth-order valence-corrected chi connectivity index (χ4v) is 3.95. The first-order valence-corrected chi connectivity index (χ1v) is 13.2. The molecule has 16 heteroatoms. The topological polar surface area (TPSA) is 151 Å². The number of halogens is 6. The summed E-state index contributed by atoms with van der Waals surface area (Å²) in [5.74, 6) is -6.32. The van der Waals surface area contributed by atoms with Crippen molar-refractivity contribution in [1.29, 1.82) is 0 Å². The Balaban J connectivity index is 1.89. The molecule has 0 aliphatic carbocycles. The van der Waals surface area contributed by atoms with Gasteiger partial charge in [-0.2, -0.15) is 26.3 Å². The van der Waals surface area contributed by atoms with E-state index in [-0.39, 0.29) is 17.1 Å². The summed E-state index contributed by atoms with van der Waals surface area (Å²) >= 11 is 0. The van der Waals surface area contributed by atoms with Gasteiger partial charge in [0.05, 0.1) is 24.2 Å². The van der Waals surface area contributed by atoms with E-state index in [0.29, 0.717) is 0 Å². The molecule has 0 unspecified atom stereocenters. The van der Waals surface area contributed by atoms with Crippen LogP contribution in [-0.4, -0.2) is 34.0 Å². The number of nitrogens with one attached hydrogen (secondary N) is 2. The minimum atomic E-state index is -5.03. The third kappa shape index (κ3) is 10.4. The molecule has 0 aromatic heterocycles. The highest BCUT2D eigenvalue weighted by Crippen LogP contribution is 2.45. The Kier molecular flexibility index (Phi) is 11.4. The number of carboxylic acids is 2. The summed E-state index contributed by atoms with van der Waals surface area (Å²) in [5.41, 5.74) is -3.93. The molecular weight excluding hydrogens is 642 g/mol. The van der Waals surface area contributed by atoms with Crippen LogP contribution in [0, 0.1) is 6.92 Å². The number of aryl methyl sites for hydroxylation is 1. The molecule has 3 aromatic carbocycles. The van der Waals surface area contributed by atoms with Crippen LogP contribution in [0.2, 0.25) is 0 Å². The number of rotatable bonds is 12. The molecule has 3 rings (SSSR count). The minimum absolute atomic E-state index is 0.141. The van der Waals surface area contributed by atoms with Crippen molar-refractivity contribution in [3.05, 3.63) is 95.6 Å². The largest absolute Gasteiger partial charge is 0.481 e. The van der Waals surface area contributed by atoms with Gasteiger partial charge < -0.3 is 30.3 Å². The Bertz CT molecular complexity index is 1730. The van der Waals surface area contributed by atoms with E-state index >= 15 is 0 Å². The van der Waals surface area contributed by atoms with Crippen LogP contribution in [0.15, 0.2) is 78.9 Å². The first-order valence-electron chi connectivity index (χ1n) is 13.2. The van der Waals surface area contributed by atoms with E-state index < -0.39 is 82.9 Å². The van der Waals surface area contributed by atoms with E-state index in [1.807, 2.05) is 10.6 Å². The van der Waals surface area contributed by atoms with Gasteiger partial charge in [0.25, 0.3) is 0 Å². The zero-order valence-corrected chi connectivity index (χ0v) is 24.0. The average Bonchev–Trinajstić information content (AvgIpc) is 2.93. The summed E-state index contributed by atoms with van der Waals surface area (Å²) in [4.78, 5) is 45.4. The van der Waals surface area contributed by atoms with Crippen LogP contribution in [0.1, 0.15) is 29.5 Å². The number of alkyl halides is 6. The van der Waals surface area contributed by atoms with Gasteiger partial charge >= 0.3 is 24.3 Å². The Labute approximate surface area is 261 Å². The van der Waals surface area contributed by atoms with Crippen molar-refractivity contribution in [2.75, 3.05) is 10.6 Å². The number of amides is 2. The van der Waals surface area contributed by atoms with Crippen molar-refractivity contribution < 1.29 is 65.2 Å². The molecule has 0 radical (unpaired) electrons.